The minimum atomic E-state index is 0.0972. The molecule has 5 nitrogen and oxygen atoms in total. The van der Waals surface area contributed by atoms with E-state index >= 15 is 0 Å². The molecule has 3 N–H and O–H groups in total. The zero-order valence-corrected chi connectivity index (χ0v) is 11.0. The van der Waals surface area contributed by atoms with Crippen molar-refractivity contribution in [1.82, 2.24) is 9.97 Å². The van der Waals surface area contributed by atoms with E-state index in [0.29, 0.717) is 18.3 Å². The van der Waals surface area contributed by atoms with Crippen molar-refractivity contribution in [3.63, 3.8) is 0 Å². The number of nitrogens with two attached hydrogens (primary N) is 1. The summed E-state index contributed by atoms with van der Waals surface area (Å²) in [7, 11) is 0. The largest absolute Gasteiger partial charge is 0.474 e. The van der Waals surface area contributed by atoms with Crippen LogP contribution in [0.25, 0.3) is 0 Å². The van der Waals surface area contributed by atoms with Crippen LogP contribution >= 0.6 is 0 Å². The zero-order valence-electron chi connectivity index (χ0n) is 11.0. The second-order valence-electron chi connectivity index (χ2n) is 4.56. The van der Waals surface area contributed by atoms with E-state index < -0.39 is 0 Å². The molecule has 0 aliphatic rings. The average Bonchev–Trinajstić information content (AvgIpc) is 2.27. The molecule has 5 heteroatoms. The monoisotopic (exact) mass is 238 g/mol. The van der Waals surface area contributed by atoms with Crippen LogP contribution in [0.15, 0.2) is 12.4 Å². The van der Waals surface area contributed by atoms with Crippen molar-refractivity contribution in [3.05, 3.63) is 12.4 Å². The maximum absolute atomic E-state index is 5.62. The molecule has 2 atom stereocenters. The van der Waals surface area contributed by atoms with E-state index in [1.54, 1.807) is 12.4 Å². The van der Waals surface area contributed by atoms with Gasteiger partial charge in [0.15, 0.2) is 0 Å². The van der Waals surface area contributed by atoms with Crippen LogP contribution in [0.2, 0.25) is 0 Å². The van der Waals surface area contributed by atoms with Gasteiger partial charge in [-0.1, -0.05) is 6.92 Å². The van der Waals surface area contributed by atoms with Crippen LogP contribution in [0.3, 0.4) is 0 Å². The normalized spacial score (nSPS) is 14.5. The van der Waals surface area contributed by atoms with E-state index in [1.807, 2.05) is 13.8 Å². The van der Waals surface area contributed by atoms with Crippen LogP contribution in [-0.4, -0.2) is 28.7 Å². The zero-order chi connectivity index (χ0) is 12.8. The Balaban J connectivity index is 2.65. The Bertz CT molecular complexity index is 343. The van der Waals surface area contributed by atoms with Gasteiger partial charge in [-0.2, -0.15) is 4.98 Å². The van der Waals surface area contributed by atoms with Gasteiger partial charge in [0.05, 0.1) is 18.5 Å². The summed E-state index contributed by atoms with van der Waals surface area (Å²) in [6, 6.07) is 0.253. The summed E-state index contributed by atoms with van der Waals surface area (Å²) in [6.45, 7) is 8.74. The Labute approximate surface area is 103 Å². The fraction of sp³-hybridized carbons (Fsp3) is 0.667. The molecule has 0 aromatic carbocycles. The van der Waals surface area contributed by atoms with Crippen molar-refractivity contribution < 1.29 is 4.74 Å². The highest BCUT2D eigenvalue weighted by atomic mass is 16.5. The molecular formula is C12H22N4O. The van der Waals surface area contributed by atoms with E-state index in [-0.39, 0.29) is 12.1 Å². The Hall–Kier alpha value is -1.36. The van der Waals surface area contributed by atoms with Gasteiger partial charge in [0.2, 0.25) is 5.88 Å². The van der Waals surface area contributed by atoms with Crippen molar-refractivity contribution >= 4 is 5.82 Å². The molecule has 2 unspecified atom stereocenters. The van der Waals surface area contributed by atoms with Crippen LogP contribution < -0.4 is 15.8 Å². The van der Waals surface area contributed by atoms with E-state index in [1.165, 1.54) is 0 Å². The van der Waals surface area contributed by atoms with Gasteiger partial charge in [0.1, 0.15) is 5.82 Å². The molecule has 0 radical (unpaired) electrons. The lowest BCUT2D eigenvalue weighted by Gasteiger charge is -2.20. The predicted molar refractivity (Wildman–Crippen MR) is 69.1 cm³/mol. The highest BCUT2D eigenvalue weighted by molar-refractivity contribution is 5.34. The van der Waals surface area contributed by atoms with E-state index in [2.05, 4.69) is 29.1 Å². The lowest BCUT2D eigenvalue weighted by atomic mass is 10.0. The molecule has 0 saturated carbocycles. The Kier molecular flexibility index (Phi) is 5.15. The number of anilines is 1. The van der Waals surface area contributed by atoms with Gasteiger partial charge >= 0.3 is 0 Å². The van der Waals surface area contributed by atoms with E-state index in [0.717, 1.165) is 5.82 Å². The lowest BCUT2D eigenvalue weighted by Crippen LogP contribution is -2.29. The fourth-order valence-corrected chi connectivity index (χ4v) is 1.30. The van der Waals surface area contributed by atoms with Crippen LogP contribution in [0.1, 0.15) is 27.7 Å². The summed E-state index contributed by atoms with van der Waals surface area (Å²) < 4.78 is 5.48. The molecule has 1 rings (SSSR count). The molecule has 0 bridgehead atoms. The molecular weight excluding hydrogens is 216 g/mol. The fourth-order valence-electron chi connectivity index (χ4n) is 1.30. The summed E-state index contributed by atoms with van der Waals surface area (Å²) in [5.41, 5.74) is 5.62. The smallest absolute Gasteiger partial charge is 0.234 e. The molecule has 96 valence electrons. The summed E-state index contributed by atoms with van der Waals surface area (Å²) in [4.78, 5) is 8.43. The first kappa shape index (κ1) is 13.7. The van der Waals surface area contributed by atoms with Gasteiger partial charge in [0.25, 0.3) is 0 Å². The van der Waals surface area contributed by atoms with Crippen LogP contribution in [0.5, 0.6) is 5.88 Å². The number of nitrogens with zero attached hydrogens (tertiary/aromatic N) is 2. The average molecular weight is 238 g/mol. The van der Waals surface area contributed by atoms with Gasteiger partial charge in [-0.25, -0.2) is 0 Å². The third kappa shape index (κ3) is 4.56. The summed E-state index contributed by atoms with van der Waals surface area (Å²) in [5, 5.41) is 3.27. The molecule has 0 aliphatic carbocycles. The number of hydrogen-bond acceptors (Lipinski definition) is 5. The highest BCUT2D eigenvalue weighted by Gasteiger charge is 2.11. The third-order valence-electron chi connectivity index (χ3n) is 2.57. The van der Waals surface area contributed by atoms with Gasteiger partial charge in [-0.05, 0) is 33.2 Å². The van der Waals surface area contributed by atoms with Gasteiger partial charge in [0, 0.05) is 6.04 Å². The van der Waals surface area contributed by atoms with Crippen molar-refractivity contribution in [2.45, 2.75) is 39.8 Å². The van der Waals surface area contributed by atoms with E-state index in [9.17, 15) is 0 Å². The summed E-state index contributed by atoms with van der Waals surface area (Å²) >= 11 is 0. The maximum Gasteiger partial charge on any atom is 0.234 e. The minimum Gasteiger partial charge on any atom is -0.474 e. The van der Waals surface area contributed by atoms with Crippen molar-refractivity contribution in [3.8, 4) is 5.88 Å². The van der Waals surface area contributed by atoms with Crippen LogP contribution in [0, 0.1) is 5.92 Å². The van der Waals surface area contributed by atoms with Crippen LogP contribution in [0.4, 0.5) is 5.82 Å². The number of hydrogen-bond donors (Lipinski definition) is 2. The number of ether oxygens (including phenoxy) is 1. The first-order valence-electron chi connectivity index (χ1n) is 5.98. The Morgan fingerprint density at radius 3 is 2.59 bits per heavy atom. The van der Waals surface area contributed by atoms with Crippen molar-refractivity contribution in [1.29, 1.82) is 0 Å². The molecule has 0 saturated heterocycles. The van der Waals surface area contributed by atoms with Crippen molar-refractivity contribution in [2.75, 3.05) is 11.9 Å². The van der Waals surface area contributed by atoms with Gasteiger partial charge in [-0.3, -0.25) is 4.98 Å². The number of nitrogens with one attached hydrogen (secondary N) is 1. The molecule has 1 heterocycles. The van der Waals surface area contributed by atoms with Crippen molar-refractivity contribution in [2.24, 2.45) is 11.7 Å². The summed E-state index contributed by atoms with van der Waals surface area (Å²) in [5.74, 6) is 1.64. The van der Waals surface area contributed by atoms with Gasteiger partial charge in [-0.15, -0.1) is 0 Å². The van der Waals surface area contributed by atoms with Gasteiger partial charge < -0.3 is 15.8 Å². The predicted octanol–water partition coefficient (Wildman–Crippen LogP) is 1.66. The molecule has 1 aromatic heterocycles. The molecule has 0 fully saturated rings. The summed E-state index contributed by atoms with van der Waals surface area (Å²) in [6.07, 6.45) is 3.40. The third-order valence-corrected chi connectivity index (χ3v) is 2.57. The second-order valence-corrected chi connectivity index (χ2v) is 4.56. The standard InChI is InChI=1S/C12H22N4O/c1-8(2)17-12-7-14-6-11(16-12)15-10(4)9(3)5-13/h6-10H,5,13H2,1-4H3,(H,15,16). The topological polar surface area (TPSA) is 73.1 Å². The lowest BCUT2D eigenvalue weighted by molar-refractivity contribution is 0.232. The minimum absolute atomic E-state index is 0.0972. The molecule has 0 aliphatic heterocycles. The number of aromatic nitrogens is 2. The SMILES string of the molecule is CC(C)Oc1cncc(NC(C)C(C)CN)n1. The Morgan fingerprint density at radius 2 is 2.00 bits per heavy atom. The molecule has 0 amide bonds. The first-order chi connectivity index (χ1) is 8.02. The molecule has 1 aromatic rings. The quantitative estimate of drug-likeness (QED) is 0.788. The Morgan fingerprint density at radius 1 is 1.29 bits per heavy atom. The molecule has 0 spiro atoms. The second kappa shape index (κ2) is 6.39. The highest BCUT2D eigenvalue weighted by Crippen LogP contribution is 2.13. The maximum atomic E-state index is 5.62. The van der Waals surface area contributed by atoms with Crippen LogP contribution in [-0.2, 0) is 0 Å². The number of rotatable bonds is 6. The molecule has 17 heavy (non-hydrogen) atoms. The van der Waals surface area contributed by atoms with E-state index in [4.69, 9.17) is 10.5 Å². The first-order valence-corrected chi connectivity index (χ1v) is 5.98.